The Hall–Kier alpha value is -0.980. The number of rotatable bonds is 4. The van der Waals surface area contributed by atoms with Crippen LogP contribution >= 0.6 is 0 Å². The van der Waals surface area contributed by atoms with Crippen LogP contribution in [0.25, 0.3) is 0 Å². The highest BCUT2D eigenvalue weighted by Gasteiger charge is 2.84. The third kappa shape index (κ3) is 3.27. The van der Waals surface area contributed by atoms with E-state index in [1.54, 1.807) is 0 Å². The Bertz CT molecular complexity index is 344. The van der Waals surface area contributed by atoms with Crippen molar-refractivity contribution in [3.05, 3.63) is 0 Å². The van der Waals surface area contributed by atoms with Crippen LogP contribution in [0.4, 0.5) is 61.5 Å². The summed E-state index contributed by atoms with van der Waals surface area (Å²) >= 11 is 0. The Morgan fingerprint density at radius 3 is 0.952 bits per heavy atom. The maximum atomic E-state index is 12.7. The van der Waals surface area contributed by atoms with Crippen molar-refractivity contribution in [3.8, 4) is 0 Å². The zero-order valence-corrected chi connectivity index (χ0v) is 8.95. The van der Waals surface area contributed by atoms with Crippen molar-refractivity contribution in [1.82, 2.24) is 0 Å². The Morgan fingerprint density at radius 1 is 0.476 bits per heavy atom. The molecule has 128 valence electrons. The SMILES string of the molecule is FC(F)C(F)(F)C(F)(F)C(F)(F)C(C(F)(F)F)C(F)(F)F. The molecule has 21 heavy (non-hydrogen) atoms. The van der Waals surface area contributed by atoms with Gasteiger partial charge in [-0.3, -0.25) is 0 Å². The molecule has 0 amide bonds. The van der Waals surface area contributed by atoms with Gasteiger partial charge in [0.1, 0.15) is 0 Å². The predicted octanol–water partition coefficient (Wildman–Crippen LogP) is 4.90. The summed E-state index contributed by atoms with van der Waals surface area (Å²) in [6.45, 7) is 0. The van der Waals surface area contributed by atoms with Gasteiger partial charge < -0.3 is 0 Å². The second-order valence-corrected chi connectivity index (χ2v) is 3.64. The minimum atomic E-state index is -7.61. The summed E-state index contributed by atoms with van der Waals surface area (Å²) < 4.78 is 169. The summed E-state index contributed by atoms with van der Waals surface area (Å²) in [5, 5.41) is 0. The molecule has 0 N–H and O–H groups in total. The van der Waals surface area contributed by atoms with E-state index in [9.17, 15) is 61.5 Å². The van der Waals surface area contributed by atoms with Gasteiger partial charge in [0, 0.05) is 0 Å². The van der Waals surface area contributed by atoms with Crippen molar-refractivity contribution >= 4 is 0 Å². The van der Waals surface area contributed by atoms with Gasteiger partial charge in [0.15, 0.2) is 0 Å². The third-order valence-corrected chi connectivity index (χ3v) is 2.13. The van der Waals surface area contributed by atoms with E-state index in [1.807, 2.05) is 0 Å². The van der Waals surface area contributed by atoms with Gasteiger partial charge in [-0.1, -0.05) is 0 Å². The normalized spacial score (nSPS) is 16.0. The van der Waals surface area contributed by atoms with Gasteiger partial charge in [-0.2, -0.15) is 52.7 Å². The van der Waals surface area contributed by atoms with Crippen molar-refractivity contribution in [1.29, 1.82) is 0 Å². The second kappa shape index (κ2) is 5.04. The topological polar surface area (TPSA) is 0 Å². The number of hydrogen-bond acceptors (Lipinski definition) is 0. The summed E-state index contributed by atoms with van der Waals surface area (Å²) in [6, 6.07) is 0. The average Bonchev–Trinajstić information content (AvgIpc) is 2.10. The Morgan fingerprint density at radius 2 is 0.762 bits per heavy atom. The van der Waals surface area contributed by atoms with Gasteiger partial charge in [-0.05, 0) is 0 Å². The van der Waals surface area contributed by atoms with Gasteiger partial charge in [0.2, 0.25) is 5.92 Å². The summed E-state index contributed by atoms with van der Waals surface area (Å²) in [6.07, 6.45) is -19.9. The van der Waals surface area contributed by atoms with Crippen LogP contribution in [0.1, 0.15) is 0 Å². The average molecular weight is 352 g/mol. The van der Waals surface area contributed by atoms with E-state index >= 15 is 0 Å². The lowest BCUT2D eigenvalue weighted by Crippen LogP contribution is -2.65. The Labute approximate surface area is 105 Å². The first-order chi connectivity index (χ1) is 8.81. The highest BCUT2D eigenvalue weighted by Crippen LogP contribution is 2.58. The minimum absolute atomic E-state index is 5.62. The van der Waals surface area contributed by atoms with Crippen LogP contribution in [-0.2, 0) is 0 Å². The van der Waals surface area contributed by atoms with E-state index in [-0.39, 0.29) is 0 Å². The molecule has 0 atom stereocenters. The smallest absolute Gasteiger partial charge is 0.203 e. The summed E-state index contributed by atoms with van der Waals surface area (Å²) in [5.41, 5.74) is 0. The number of hydrogen-bond donors (Lipinski definition) is 0. The van der Waals surface area contributed by atoms with Gasteiger partial charge >= 0.3 is 36.5 Å². The van der Waals surface area contributed by atoms with Gasteiger partial charge in [0.25, 0.3) is 0 Å². The van der Waals surface area contributed by atoms with Crippen molar-refractivity contribution in [3.63, 3.8) is 0 Å². The fourth-order valence-corrected chi connectivity index (χ4v) is 1.14. The molecule has 0 aromatic heterocycles. The fourth-order valence-electron chi connectivity index (χ4n) is 1.14. The van der Waals surface area contributed by atoms with E-state index in [0.717, 1.165) is 0 Å². The van der Waals surface area contributed by atoms with E-state index in [1.165, 1.54) is 0 Å². The molecule has 0 radical (unpaired) electrons. The van der Waals surface area contributed by atoms with Gasteiger partial charge in [-0.25, -0.2) is 8.78 Å². The molecule has 0 aliphatic heterocycles. The maximum absolute atomic E-state index is 12.7. The van der Waals surface area contributed by atoms with Crippen LogP contribution in [0, 0.1) is 5.92 Å². The van der Waals surface area contributed by atoms with Crippen LogP contribution in [-0.4, -0.2) is 36.5 Å². The quantitative estimate of drug-likeness (QED) is 0.632. The van der Waals surface area contributed by atoms with E-state index in [2.05, 4.69) is 0 Å². The van der Waals surface area contributed by atoms with E-state index < -0.39 is 42.5 Å². The lowest BCUT2D eigenvalue weighted by Gasteiger charge is -2.37. The standard InChI is InChI=1S/C7H2F14/c8-2(9)4(12,13)7(20,21)3(10,11)1(5(14,15)16)6(17,18)19/h1-2H. The van der Waals surface area contributed by atoms with E-state index in [0.29, 0.717) is 0 Å². The molecule has 0 saturated heterocycles. The van der Waals surface area contributed by atoms with Crippen LogP contribution in [0.2, 0.25) is 0 Å². The van der Waals surface area contributed by atoms with Crippen molar-refractivity contribution < 1.29 is 61.5 Å². The molecule has 0 fully saturated rings. The van der Waals surface area contributed by atoms with Crippen LogP contribution in [0.15, 0.2) is 0 Å². The molecule has 0 unspecified atom stereocenters. The summed E-state index contributed by atoms with van der Waals surface area (Å²) in [4.78, 5) is 0. The van der Waals surface area contributed by atoms with Crippen molar-refractivity contribution in [2.75, 3.05) is 0 Å². The second-order valence-electron chi connectivity index (χ2n) is 3.64. The molecule has 0 heterocycles. The molecular formula is C7H2F14. The first-order valence-corrected chi connectivity index (χ1v) is 4.36. The Balaban J connectivity index is 6.15. The van der Waals surface area contributed by atoms with E-state index in [4.69, 9.17) is 0 Å². The first kappa shape index (κ1) is 20.0. The summed E-state index contributed by atoms with van der Waals surface area (Å²) in [7, 11) is 0. The lowest BCUT2D eigenvalue weighted by molar-refractivity contribution is -0.411. The molecule has 0 spiro atoms. The maximum Gasteiger partial charge on any atom is 0.406 e. The van der Waals surface area contributed by atoms with Crippen LogP contribution < -0.4 is 0 Å². The molecule has 0 aliphatic carbocycles. The largest absolute Gasteiger partial charge is 0.406 e. The molecular weight excluding hydrogens is 350 g/mol. The molecule has 0 saturated carbocycles. The van der Waals surface area contributed by atoms with Gasteiger partial charge in [0.05, 0.1) is 0 Å². The zero-order valence-electron chi connectivity index (χ0n) is 8.95. The summed E-state index contributed by atoms with van der Waals surface area (Å²) in [5.74, 6) is -28.5. The lowest BCUT2D eigenvalue weighted by atomic mass is 9.90. The fraction of sp³-hybridized carbons (Fsp3) is 1.00. The van der Waals surface area contributed by atoms with Crippen molar-refractivity contribution in [2.24, 2.45) is 5.92 Å². The monoisotopic (exact) mass is 352 g/mol. The van der Waals surface area contributed by atoms with Crippen LogP contribution in [0.5, 0.6) is 0 Å². The highest BCUT2D eigenvalue weighted by molar-refractivity contribution is 5.04. The minimum Gasteiger partial charge on any atom is -0.203 e. The third-order valence-electron chi connectivity index (χ3n) is 2.13. The molecule has 0 aromatic carbocycles. The highest BCUT2D eigenvalue weighted by atomic mass is 19.4. The molecule has 0 aliphatic rings. The first-order valence-electron chi connectivity index (χ1n) is 4.36. The molecule has 14 heteroatoms. The Kier molecular flexibility index (Phi) is 4.80. The molecule has 0 nitrogen and oxygen atoms in total. The predicted molar refractivity (Wildman–Crippen MR) is 36.4 cm³/mol. The molecule has 0 rings (SSSR count). The van der Waals surface area contributed by atoms with Crippen molar-refractivity contribution in [2.45, 2.75) is 36.5 Å². The number of halogens is 14. The van der Waals surface area contributed by atoms with Crippen LogP contribution in [0.3, 0.4) is 0 Å². The number of alkyl halides is 14. The molecule has 0 bridgehead atoms. The molecule has 0 aromatic rings. The van der Waals surface area contributed by atoms with Gasteiger partial charge in [-0.15, -0.1) is 0 Å². The zero-order chi connectivity index (χ0) is 17.7.